The number of halogens is 2. The van der Waals surface area contributed by atoms with Crippen LogP contribution in [-0.4, -0.2) is 28.0 Å². The van der Waals surface area contributed by atoms with Crippen LogP contribution < -0.4 is 10.2 Å². The van der Waals surface area contributed by atoms with Crippen molar-refractivity contribution in [1.82, 2.24) is 9.97 Å². The fourth-order valence-corrected chi connectivity index (χ4v) is 3.00. The zero-order valence-electron chi connectivity index (χ0n) is 15.7. The van der Waals surface area contributed by atoms with E-state index in [0.717, 1.165) is 0 Å². The van der Waals surface area contributed by atoms with Gasteiger partial charge in [-0.05, 0) is 30.0 Å². The molecule has 0 aliphatic rings. The average Bonchev–Trinajstić information content (AvgIpc) is 2.56. The number of nitrogens with one attached hydrogen (secondary N) is 1. The zero-order valence-corrected chi connectivity index (χ0v) is 17.3. The van der Waals surface area contributed by atoms with Crippen molar-refractivity contribution in [2.75, 3.05) is 23.3 Å². The van der Waals surface area contributed by atoms with Crippen molar-refractivity contribution in [3.63, 3.8) is 0 Å². The van der Waals surface area contributed by atoms with Crippen LogP contribution in [0.1, 0.15) is 27.7 Å². The molecule has 27 heavy (non-hydrogen) atoms. The maximum absolute atomic E-state index is 11.8. The number of benzene rings is 1. The predicted molar refractivity (Wildman–Crippen MR) is 110 cm³/mol. The summed E-state index contributed by atoms with van der Waals surface area (Å²) in [7, 11) is 0. The molecule has 2 aromatic rings. The van der Waals surface area contributed by atoms with E-state index in [0.29, 0.717) is 46.5 Å². The Bertz CT molecular complexity index is 804. The van der Waals surface area contributed by atoms with Gasteiger partial charge in [0.2, 0.25) is 11.6 Å². The van der Waals surface area contributed by atoms with Crippen molar-refractivity contribution >= 4 is 46.2 Å². The third kappa shape index (κ3) is 5.68. The fourth-order valence-electron chi connectivity index (χ4n) is 2.70. The second kappa shape index (κ2) is 9.19. The molecule has 146 valence electrons. The maximum Gasteiger partial charge on any atom is 0.353 e. The quantitative estimate of drug-likeness (QED) is 0.452. The molecule has 1 aromatic carbocycles. The minimum Gasteiger partial charge on any atom is -0.350 e. The van der Waals surface area contributed by atoms with Gasteiger partial charge in [-0.25, -0.2) is 9.97 Å². The van der Waals surface area contributed by atoms with Gasteiger partial charge in [-0.3, -0.25) is 10.1 Å². The highest BCUT2D eigenvalue weighted by Gasteiger charge is 2.28. The molecule has 0 fully saturated rings. The molecule has 1 aromatic heterocycles. The zero-order chi connectivity index (χ0) is 20.1. The van der Waals surface area contributed by atoms with Crippen molar-refractivity contribution in [3.05, 3.63) is 44.7 Å². The number of hydrogen-bond donors (Lipinski definition) is 1. The summed E-state index contributed by atoms with van der Waals surface area (Å²) in [6.45, 7) is 9.57. The van der Waals surface area contributed by atoms with E-state index >= 15 is 0 Å². The van der Waals surface area contributed by atoms with Gasteiger partial charge in [0.05, 0.1) is 15.0 Å². The molecule has 0 amide bonds. The second-order valence-corrected chi connectivity index (χ2v) is 7.91. The van der Waals surface area contributed by atoms with Gasteiger partial charge in [0, 0.05) is 18.8 Å². The Kier molecular flexibility index (Phi) is 7.21. The standard InChI is InChI=1S/C18H23Cl2N5O2/c1-11(2)8-24(9-12(3)4)18-16(25(26)27)17(21-10-22-18)23-13-5-6-14(19)15(20)7-13/h5-7,10-12H,8-9H2,1-4H3,(H,21,22,23). The van der Waals surface area contributed by atoms with Crippen LogP contribution in [0.15, 0.2) is 24.5 Å². The average molecular weight is 412 g/mol. The molecule has 0 bridgehead atoms. The van der Waals surface area contributed by atoms with Gasteiger partial charge in [-0.1, -0.05) is 50.9 Å². The molecular weight excluding hydrogens is 389 g/mol. The first-order chi connectivity index (χ1) is 12.7. The van der Waals surface area contributed by atoms with Crippen LogP contribution in [0, 0.1) is 22.0 Å². The highest BCUT2D eigenvalue weighted by molar-refractivity contribution is 6.42. The summed E-state index contributed by atoms with van der Waals surface area (Å²) in [6.07, 6.45) is 1.33. The molecule has 2 rings (SSSR count). The number of aromatic nitrogens is 2. The van der Waals surface area contributed by atoms with Gasteiger partial charge >= 0.3 is 5.69 Å². The summed E-state index contributed by atoms with van der Waals surface area (Å²) in [6, 6.07) is 4.89. The first kappa shape index (κ1) is 21.2. The normalized spacial score (nSPS) is 11.1. The van der Waals surface area contributed by atoms with E-state index in [1.807, 2.05) is 4.90 Å². The minimum atomic E-state index is -0.456. The first-order valence-corrected chi connectivity index (χ1v) is 9.41. The Morgan fingerprint density at radius 1 is 1.11 bits per heavy atom. The molecule has 7 nitrogen and oxygen atoms in total. The number of rotatable bonds is 8. The summed E-state index contributed by atoms with van der Waals surface area (Å²) in [5.74, 6) is 1.07. The van der Waals surface area contributed by atoms with E-state index in [-0.39, 0.29) is 11.5 Å². The van der Waals surface area contributed by atoms with Gasteiger partial charge < -0.3 is 10.2 Å². The maximum atomic E-state index is 11.8. The van der Waals surface area contributed by atoms with E-state index in [9.17, 15) is 10.1 Å². The Balaban J connectivity index is 2.48. The minimum absolute atomic E-state index is 0.112. The molecule has 9 heteroatoms. The molecule has 1 heterocycles. The Hall–Kier alpha value is -2.12. The highest BCUT2D eigenvalue weighted by Crippen LogP contribution is 2.35. The Morgan fingerprint density at radius 3 is 2.26 bits per heavy atom. The topological polar surface area (TPSA) is 84.2 Å². The molecular formula is C18H23Cl2N5O2. The Morgan fingerprint density at radius 2 is 1.74 bits per heavy atom. The van der Waals surface area contributed by atoms with Crippen LogP contribution in [0.3, 0.4) is 0 Å². The van der Waals surface area contributed by atoms with Crippen molar-refractivity contribution in [1.29, 1.82) is 0 Å². The van der Waals surface area contributed by atoms with Crippen molar-refractivity contribution < 1.29 is 4.92 Å². The SMILES string of the molecule is CC(C)CN(CC(C)C)c1ncnc(Nc2ccc(Cl)c(Cl)c2)c1[N+](=O)[O-]. The predicted octanol–water partition coefficient (Wildman–Crippen LogP) is 5.55. The lowest BCUT2D eigenvalue weighted by Gasteiger charge is -2.27. The van der Waals surface area contributed by atoms with E-state index in [4.69, 9.17) is 23.2 Å². The van der Waals surface area contributed by atoms with Gasteiger partial charge in [0.25, 0.3) is 0 Å². The summed E-state index contributed by atoms with van der Waals surface area (Å²) in [4.78, 5) is 21.6. The number of hydrogen-bond acceptors (Lipinski definition) is 6. The molecule has 0 saturated heterocycles. The van der Waals surface area contributed by atoms with Crippen LogP contribution in [0.2, 0.25) is 10.0 Å². The van der Waals surface area contributed by atoms with Gasteiger partial charge in [0.1, 0.15) is 6.33 Å². The summed E-state index contributed by atoms with van der Waals surface area (Å²) >= 11 is 12.0. The van der Waals surface area contributed by atoms with Gasteiger partial charge in [-0.15, -0.1) is 0 Å². The molecule has 0 unspecified atom stereocenters. The first-order valence-electron chi connectivity index (χ1n) is 8.65. The van der Waals surface area contributed by atoms with E-state index < -0.39 is 4.92 Å². The lowest BCUT2D eigenvalue weighted by molar-refractivity contribution is -0.383. The van der Waals surface area contributed by atoms with Gasteiger partial charge in [0.15, 0.2) is 0 Å². The number of nitrogens with zero attached hydrogens (tertiary/aromatic N) is 4. The summed E-state index contributed by atoms with van der Waals surface area (Å²) in [5.41, 5.74) is 0.390. The van der Waals surface area contributed by atoms with Crippen LogP contribution >= 0.6 is 23.2 Å². The van der Waals surface area contributed by atoms with Crippen LogP contribution in [0.5, 0.6) is 0 Å². The van der Waals surface area contributed by atoms with Crippen LogP contribution in [0.25, 0.3) is 0 Å². The molecule has 0 spiro atoms. The molecule has 0 aliphatic heterocycles. The molecule has 1 N–H and O–H groups in total. The van der Waals surface area contributed by atoms with Gasteiger partial charge in [-0.2, -0.15) is 0 Å². The number of anilines is 3. The smallest absolute Gasteiger partial charge is 0.350 e. The molecule has 0 aliphatic carbocycles. The Labute approximate surface area is 168 Å². The lowest BCUT2D eigenvalue weighted by Crippen LogP contribution is -2.32. The summed E-state index contributed by atoms with van der Waals surface area (Å²) < 4.78 is 0. The highest BCUT2D eigenvalue weighted by atomic mass is 35.5. The van der Waals surface area contributed by atoms with E-state index in [2.05, 4.69) is 43.0 Å². The van der Waals surface area contributed by atoms with E-state index in [1.165, 1.54) is 6.33 Å². The van der Waals surface area contributed by atoms with Crippen LogP contribution in [0.4, 0.5) is 23.0 Å². The number of nitro groups is 1. The monoisotopic (exact) mass is 411 g/mol. The third-order valence-corrected chi connectivity index (χ3v) is 4.38. The lowest BCUT2D eigenvalue weighted by atomic mass is 10.1. The molecule has 0 radical (unpaired) electrons. The van der Waals surface area contributed by atoms with Crippen molar-refractivity contribution in [2.45, 2.75) is 27.7 Å². The fraction of sp³-hybridized carbons (Fsp3) is 0.444. The molecule has 0 atom stereocenters. The van der Waals surface area contributed by atoms with Crippen molar-refractivity contribution in [3.8, 4) is 0 Å². The van der Waals surface area contributed by atoms with Crippen molar-refractivity contribution in [2.24, 2.45) is 11.8 Å². The second-order valence-electron chi connectivity index (χ2n) is 7.10. The molecule has 0 saturated carbocycles. The summed E-state index contributed by atoms with van der Waals surface area (Å²) in [5, 5.41) is 15.6. The van der Waals surface area contributed by atoms with E-state index in [1.54, 1.807) is 18.2 Å². The third-order valence-electron chi connectivity index (χ3n) is 3.64. The largest absolute Gasteiger partial charge is 0.353 e. The van der Waals surface area contributed by atoms with Crippen LogP contribution in [-0.2, 0) is 0 Å².